The molecule has 1 aliphatic carbocycles. The molecule has 4 rings (SSSR count). The first-order valence-electron chi connectivity index (χ1n) is 8.32. The lowest BCUT2D eigenvalue weighted by Gasteiger charge is -2.24. The number of hydrogen-bond donors (Lipinski definition) is 1. The van der Waals surface area contributed by atoms with Gasteiger partial charge in [0.15, 0.2) is 0 Å². The summed E-state index contributed by atoms with van der Waals surface area (Å²) in [6, 6.07) is 7.41. The Morgan fingerprint density at radius 3 is 2.68 bits per heavy atom. The molecular weight excluding hydrogens is 323 g/mol. The van der Waals surface area contributed by atoms with Gasteiger partial charge in [0.1, 0.15) is 11.5 Å². The van der Waals surface area contributed by atoms with Crippen molar-refractivity contribution in [2.45, 2.75) is 31.1 Å². The minimum atomic E-state index is -1.11. The molecule has 1 aromatic carbocycles. The zero-order valence-corrected chi connectivity index (χ0v) is 13.5. The third-order valence-electron chi connectivity index (χ3n) is 5.31. The van der Waals surface area contributed by atoms with E-state index in [-0.39, 0.29) is 22.5 Å². The maximum atomic E-state index is 14.6. The lowest BCUT2D eigenvalue weighted by atomic mass is 9.80. The van der Waals surface area contributed by atoms with Crippen LogP contribution >= 0.6 is 0 Å². The first-order chi connectivity index (χ1) is 12.0. The smallest absolute Gasteiger partial charge is 0.335 e. The number of rotatable bonds is 2. The molecule has 1 amide bonds. The van der Waals surface area contributed by atoms with E-state index in [2.05, 4.69) is 4.98 Å². The van der Waals surface area contributed by atoms with Crippen molar-refractivity contribution in [2.24, 2.45) is 0 Å². The van der Waals surface area contributed by atoms with Crippen LogP contribution in [0.5, 0.6) is 0 Å². The minimum Gasteiger partial charge on any atom is -0.478 e. The number of aromatic nitrogens is 1. The van der Waals surface area contributed by atoms with Gasteiger partial charge in [-0.15, -0.1) is 0 Å². The largest absolute Gasteiger partial charge is 0.478 e. The number of nitrogens with zero attached hydrogens (tertiary/aromatic N) is 2. The number of carboxylic acid groups (broad SMARTS) is 1. The number of benzene rings is 1. The van der Waals surface area contributed by atoms with Crippen molar-refractivity contribution >= 4 is 17.6 Å². The molecule has 1 saturated carbocycles. The quantitative estimate of drug-likeness (QED) is 0.910. The highest BCUT2D eigenvalue weighted by molar-refractivity contribution is 6.07. The predicted molar refractivity (Wildman–Crippen MR) is 89.4 cm³/mol. The average Bonchev–Trinajstić information content (AvgIpc) is 3.21. The van der Waals surface area contributed by atoms with Crippen LogP contribution in [0.1, 0.15) is 52.1 Å². The SMILES string of the molecule is O=C(O)c1ccnc(C(=O)N2CC3(CCCC3)c3c(F)cccc32)c1. The van der Waals surface area contributed by atoms with Crippen LogP contribution < -0.4 is 4.90 Å². The zero-order valence-electron chi connectivity index (χ0n) is 13.5. The number of fused-ring (bicyclic) bond motifs is 2. The summed E-state index contributed by atoms with van der Waals surface area (Å²) in [5, 5.41) is 9.12. The minimum absolute atomic E-state index is 0.00703. The van der Waals surface area contributed by atoms with E-state index < -0.39 is 11.9 Å². The highest BCUT2D eigenvalue weighted by Crippen LogP contribution is 2.51. The third kappa shape index (κ3) is 2.40. The number of carbonyl (C=O) groups is 2. The number of anilines is 1. The molecule has 128 valence electrons. The molecular formula is C19H17FN2O3. The van der Waals surface area contributed by atoms with Gasteiger partial charge in [-0.3, -0.25) is 9.78 Å². The van der Waals surface area contributed by atoms with Crippen molar-refractivity contribution in [1.82, 2.24) is 4.98 Å². The Morgan fingerprint density at radius 1 is 1.20 bits per heavy atom. The van der Waals surface area contributed by atoms with Crippen LogP contribution in [0.3, 0.4) is 0 Å². The molecule has 1 spiro atoms. The van der Waals surface area contributed by atoms with E-state index in [0.717, 1.165) is 25.7 Å². The first-order valence-corrected chi connectivity index (χ1v) is 8.32. The van der Waals surface area contributed by atoms with Crippen LogP contribution in [-0.2, 0) is 5.41 Å². The molecule has 2 aliphatic rings. The molecule has 1 aliphatic heterocycles. The highest BCUT2D eigenvalue weighted by atomic mass is 19.1. The first kappa shape index (κ1) is 15.7. The van der Waals surface area contributed by atoms with Crippen LogP contribution in [-0.4, -0.2) is 28.5 Å². The van der Waals surface area contributed by atoms with E-state index in [1.165, 1.54) is 24.4 Å². The Balaban J connectivity index is 1.77. The van der Waals surface area contributed by atoms with E-state index in [0.29, 0.717) is 17.8 Å². The second-order valence-electron chi connectivity index (χ2n) is 6.75. The van der Waals surface area contributed by atoms with E-state index >= 15 is 0 Å². The van der Waals surface area contributed by atoms with Crippen molar-refractivity contribution in [2.75, 3.05) is 11.4 Å². The number of halogens is 1. The monoisotopic (exact) mass is 340 g/mol. The van der Waals surface area contributed by atoms with Gasteiger partial charge in [-0.25, -0.2) is 9.18 Å². The number of hydrogen-bond acceptors (Lipinski definition) is 3. The molecule has 25 heavy (non-hydrogen) atoms. The Hall–Kier alpha value is -2.76. The Morgan fingerprint density at radius 2 is 1.96 bits per heavy atom. The molecule has 2 aromatic rings. The molecule has 1 fully saturated rings. The van der Waals surface area contributed by atoms with Gasteiger partial charge >= 0.3 is 5.97 Å². The maximum Gasteiger partial charge on any atom is 0.335 e. The maximum absolute atomic E-state index is 14.6. The Kier molecular flexibility index (Phi) is 3.56. The van der Waals surface area contributed by atoms with Gasteiger partial charge in [-0.05, 0) is 37.1 Å². The van der Waals surface area contributed by atoms with E-state index in [4.69, 9.17) is 5.11 Å². The number of pyridine rings is 1. The van der Waals surface area contributed by atoms with Crippen LogP contribution in [0.25, 0.3) is 0 Å². The van der Waals surface area contributed by atoms with Gasteiger partial charge in [0, 0.05) is 23.7 Å². The highest BCUT2D eigenvalue weighted by Gasteiger charge is 2.48. The fraction of sp³-hybridized carbons (Fsp3) is 0.316. The second-order valence-corrected chi connectivity index (χ2v) is 6.75. The van der Waals surface area contributed by atoms with Crippen LogP contribution in [0.4, 0.5) is 10.1 Å². The van der Waals surface area contributed by atoms with E-state index in [1.807, 2.05) is 0 Å². The fourth-order valence-corrected chi connectivity index (χ4v) is 4.19. The van der Waals surface area contributed by atoms with Gasteiger partial charge in [0.25, 0.3) is 5.91 Å². The molecule has 1 N–H and O–H groups in total. The standard InChI is InChI=1S/C19H17FN2O3/c20-13-4-3-5-15-16(13)19(7-1-2-8-19)11-22(15)17(23)14-10-12(18(24)25)6-9-21-14/h3-6,9-10H,1-2,7-8,11H2,(H,24,25). The fourth-order valence-electron chi connectivity index (χ4n) is 4.19. The summed E-state index contributed by atoms with van der Waals surface area (Å²) in [4.78, 5) is 29.7. The summed E-state index contributed by atoms with van der Waals surface area (Å²) in [5.41, 5.74) is 0.934. The van der Waals surface area contributed by atoms with Gasteiger partial charge in [-0.1, -0.05) is 18.9 Å². The molecule has 6 heteroatoms. The summed E-state index contributed by atoms with van der Waals surface area (Å²) in [6.07, 6.45) is 5.05. The Labute approximate surface area is 144 Å². The Bertz CT molecular complexity index is 875. The summed E-state index contributed by atoms with van der Waals surface area (Å²) in [7, 11) is 0. The van der Waals surface area contributed by atoms with Crippen molar-refractivity contribution in [1.29, 1.82) is 0 Å². The van der Waals surface area contributed by atoms with Crippen LogP contribution in [0, 0.1) is 5.82 Å². The molecule has 1 aromatic heterocycles. The van der Waals surface area contributed by atoms with E-state index in [1.54, 1.807) is 17.0 Å². The lowest BCUT2D eigenvalue weighted by molar-refractivity contribution is 0.0696. The normalized spacial score (nSPS) is 17.7. The number of carbonyl (C=O) groups excluding carboxylic acids is 1. The van der Waals surface area contributed by atoms with Crippen LogP contribution in [0.15, 0.2) is 36.5 Å². The van der Waals surface area contributed by atoms with Gasteiger partial charge in [0.2, 0.25) is 0 Å². The number of amides is 1. The van der Waals surface area contributed by atoms with Crippen LogP contribution in [0.2, 0.25) is 0 Å². The number of aromatic carboxylic acids is 1. The average molecular weight is 340 g/mol. The van der Waals surface area contributed by atoms with Gasteiger partial charge in [0.05, 0.1) is 11.3 Å². The molecule has 0 unspecified atom stereocenters. The topological polar surface area (TPSA) is 70.5 Å². The van der Waals surface area contributed by atoms with Crippen molar-refractivity contribution < 1.29 is 19.1 Å². The number of carboxylic acids is 1. The molecule has 0 atom stereocenters. The second kappa shape index (κ2) is 5.65. The van der Waals surface area contributed by atoms with Crippen molar-refractivity contribution in [3.8, 4) is 0 Å². The summed E-state index contributed by atoms with van der Waals surface area (Å²) in [5.74, 6) is -1.78. The van der Waals surface area contributed by atoms with Gasteiger partial charge in [-0.2, -0.15) is 0 Å². The summed E-state index contributed by atoms with van der Waals surface area (Å²) >= 11 is 0. The third-order valence-corrected chi connectivity index (χ3v) is 5.31. The molecule has 0 saturated heterocycles. The summed E-state index contributed by atoms with van der Waals surface area (Å²) < 4.78 is 14.6. The molecule has 0 radical (unpaired) electrons. The van der Waals surface area contributed by atoms with Gasteiger partial charge < -0.3 is 10.0 Å². The van der Waals surface area contributed by atoms with E-state index in [9.17, 15) is 14.0 Å². The molecule has 2 heterocycles. The van der Waals surface area contributed by atoms with Crippen molar-refractivity contribution in [3.05, 3.63) is 59.2 Å². The lowest BCUT2D eigenvalue weighted by Crippen LogP contribution is -2.36. The molecule has 0 bridgehead atoms. The predicted octanol–water partition coefficient (Wildman–Crippen LogP) is 3.39. The summed E-state index contributed by atoms with van der Waals surface area (Å²) in [6.45, 7) is 0.418. The van der Waals surface area contributed by atoms with Crippen molar-refractivity contribution in [3.63, 3.8) is 0 Å². The molecule has 5 nitrogen and oxygen atoms in total. The zero-order chi connectivity index (χ0) is 17.6.